The monoisotopic (exact) mass is 290 g/mol. The summed E-state index contributed by atoms with van der Waals surface area (Å²) < 4.78 is 5.30. The largest absolute Gasteiger partial charge is 0.495 e. The van der Waals surface area contributed by atoms with E-state index < -0.39 is 0 Å². The van der Waals surface area contributed by atoms with Crippen molar-refractivity contribution in [1.29, 1.82) is 0 Å². The molecule has 0 bridgehead atoms. The van der Waals surface area contributed by atoms with Crippen molar-refractivity contribution in [3.63, 3.8) is 0 Å². The van der Waals surface area contributed by atoms with Gasteiger partial charge in [-0.05, 0) is 23.1 Å². The van der Waals surface area contributed by atoms with Gasteiger partial charge in [0.1, 0.15) is 5.75 Å². The smallest absolute Gasteiger partial charge is 0.229 e. The van der Waals surface area contributed by atoms with Gasteiger partial charge in [-0.15, -0.1) is 0 Å². The lowest BCUT2D eigenvalue weighted by atomic mass is 9.86. The molecular weight excluding hydrogens is 268 g/mol. The Morgan fingerprint density at radius 3 is 2.62 bits per heavy atom. The highest BCUT2D eigenvalue weighted by atomic mass is 16.5. The lowest BCUT2D eigenvalue weighted by Crippen LogP contribution is -2.25. The first-order valence-corrected chi connectivity index (χ1v) is 7.07. The summed E-state index contributed by atoms with van der Waals surface area (Å²) >= 11 is 0. The third kappa shape index (κ3) is 3.54. The van der Waals surface area contributed by atoms with E-state index in [2.05, 4.69) is 31.4 Å². The number of rotatable bonds is 3. The topological polar surface area (TPSA) is 67.4 Å². The van der Waals surface area contributed by atoms with Gasteiger partial charge < -0.3 is 15.4 Å². The first kappa shape index (κ1) is 15.4. The molecule has 1 aromatic carbocycles. The van der Waals surface area contributed by atoms with Crippen molar-refractivity contribution in [2.24, 2.45) is 5.92 Å². The van der Waals surface area contributed by atoms with Gasteiger partial charge in [-0.25, -0.2) is 0 Å². The van der Waals surface area contributed by atoms with Gasteiger partial charge >= 0.3 is 0 Å². The molecule has 2 N–H and O–H groups in total. The Labute approximate surface area is 125 Å². The summed E-state index contributed by atoms with van der Waals surface area (Å²) in [5.41, 5.74) is 1.74. The van der Waals surface area contributed by atoms with Crippen LogP contribution in [-0.4, -0.2) is 25.5 Å². The second kappa shape index (κ2) is 5.76. The number of hydrogen-bond acceptors (Lipinski definition) is 3. The van der Waals surface area contributed by atoms with Gasteiger partial charge in [0.25, 0.3) is 0 Å². The minimum Gasteiger partial charge on any atom is -0.495 e. The lowest BCUT2D eigenvalue weighted by Gasteiger charge is -2.21. The molecule has 5 heteroatoms. The molecule has 2 amide bonds. The van der Waals surface area contributed by atoms with Crippen LogP contribution in [0.15, 0.2) is 18.2 Å². The van der Waals surface area contributed by atoms with Crippen LogP contribution in [0.3, 0.4) is 0 Å². The molecule has 0 spiro atoms. The van der Waals surface area contributed by atoms with Crippen molar-refractivity contribution in [2.75, 3.05) is 19.0 Å². The molecule has 1 saturated heterocycles. The van der Waals surface area contributed by atoms with Crippen LogP contribution in [0.25, 0.3) is 0 Å². The van der Waals surface area contributed by atoms with Gasteiger partial charge in [0, 0.05) is 13.0 Å². The maximum Gasteiger partial charge on any atom is 0.229 e. The maximum atomic E-state index is 12.2. The molecule has 0 aromatic heterocycles. The molecule has 5 nitrogen and oxygen atoms in total. The number of benzene rings is 1. The van der Waals surface area contributed by atoms with Crippen molar-refractivity contribution < 1.29 is 14.3 Å². The second-order valence-corrected chi connectivity index (χ2v) is 6.36. The number of nitrogens with one attached hydrogen (secondary N) is 2. The molecule has 1 fully saturated rings. The number of anilines is 1. The van der Waals surface area contributed by atoms with Gasteiger partial charge in [0.2, 0.25) is 11.8 Å². The standard InChI is InChI=1S/C16H22N2O3/c1-16(2,3)11-5-6-13(21-4)12(8-11)18-15(20)10-7-14(19)17-9-10/h5-6,8,10H,7,9H2,1-4H3,(H,17,19)(H,18,20). The number of amides is 2. The average molecular weight is 290 g/mol. The molecule has 21 heavy (non-hydrogen) atoms. The molecule has 0 aliphatic carbocycles. The summed E-state index contributed by atoms with van der Waals surface area (Å²) in [5.74, 6) is 0.0670. The molecule has 1 heterocycles. The number of hydrogen-bond donors (Lipinski definition) is 2. The predicted octanol–water partition coefficient (Wildman–Crippen LogP) is 2.07. The Morgan fingerprint density at radius 2 is 2.10 bits per heavy atom. The molecule has 1 aromatic rings. The van der Waals surface area contributed by atoms with Crippen LogP contribution in [0, 0.1) is 5.92 Å². The van der Waals surface area contributed by atoms with E-state index in [0.717, 1.165) is 5.56 Å². The van der Waals surface area contributed by atoms with Crippen LogP contribution in [0.5, 0.6) is 5.75 Å². The fourth-order valence-electron chi connectivity index (χ4n) is 2.30. The molecule has 1 aliphatic heterocycles. The molecule has 0 radical (unpaired) electrons. The zero-order valence-corrected chi connectivity index (χ0v) is 12.9. The van der Waals surface area contributed by atoms with E-state index in [0.29, 0.717) is 18.0 Å². The van der Waals surface area contributed by atoms with Crippen LogP contribution >= 0.6 is 0 Å². The molecular formula is C16H22N2O3. The van der Waals surface area contributed by atoms with Crippen LogP contribution < -0.4 is 15.4 Å². The van der Waals surface area contributed by atoms with E-state index in [1.54, 1.807) is 7.11 Å². The summed E-state index contributed by atoms with van der Waals surface area (Å²) in [6.07, 6.45) is 0.243. The normalized spacial score (nSPS) is 18.3. The zero-order valence-electron chi connectivity index (χ0n) is 12.9. The van der Waals surface area contributed by atoms with Gasteiger partial charge in [0.05, 0.1) is 18.7 Å². The van der Waals surface area contributed by atoms with Crippen molar-refractivity contribution in [3.8, 4) is 5.75 Å². The van der Waals surface area contributed by atoms with E-state index in [4.69, 9.17) is 4.74 Å². The van der Waals surface area contributed by atoms with Crippen molar-refractivity contribution in [3.05, 3.63) is 23.8 Å². The Morgan fingerprint density at radius 1 is 1.38 bits per heavy atom. The number of methoxy groups -OCH3 is 1. The summed E-state index contributed by atoms with van der Waals surface area (Å²) in [6, 6.07) is 5.78. The van der Waals surface area contributed by atoms with Crippen LogP contribution in [0.4, 0.5) is 5.69 Å². The second-order valence-electron chi connectivity index (χ2n) is 6.36. The zero-order chi connectivity index (χ0) is 15.6. The van der Waals surface area contributed by atoms with Gasteiger partial charge in [-0.1, -0.05) is 26.8 Å². The van der Waals surface area contributed by atoms with Gasteiger partial charge in [-0.3, -0.25) is 9.59 Å². The molecule has 1 aliphatic rings. The van der Waals surface area contributed by atoms with E-state index in [9.17, 15) is 9.59 Å². The fraction of sp³-hybridized carbons (Fsp3) is 0.500. The Balaban J connectivity index is 2.21. The summed E-state index contributed by atoms with van der Waals surface area (Å²) in [4.78, 5) is 23.4. The number of carbonyl (C=O) groups excluding carboxylic acids is 2. The highest BCUT2D eigenvalue weighted by Crippen LogP contribution is 2.31. The summed E-state index contributed by atoms with van der Waals surface area (Å²) in [7, 11) is 1.57. The average Bonchev–Trinajstić information content (AvgIpc) is 2.84. The third-order valence-electron chi connectivity index (χ3n) is 3.67. The lowest BCUT2D eigenvalue weighted by molar-refractivity contribution is -0.123. The van der Waals surface area contributed by atoms with Gasteiger partial charge in [0.15, 0.2) is 0 Å². The van der Waals surface area contributed by atoms with Crippen LogP contribution in [0.2, 0.25) is 0 Å². The highest BCUT2D eigenvalue weighted by Gasteiger charge is 2.28. The van der Waals surface area contributed by atoms with E-state index >= 15 is 0 Å². The third-order valence-corrected chi connectivity index (χ3v) is 3.67. The minimum absolute atomic E-state index is 0.0172. The Kier molecular flexibility index (Phi) is 4.21. The number of ether oxygens (including phenoxy) is 1. The van der Waals surface area contributed by atoms with Crippen molar-refractivity contribution in [2.45, 2.75) is 32.6 Å². The van der Waals surface area contributed by atoms with E-state index in [1.165, 1.54) is 0 Å². The first-order chi connectivity index (χ1) is 9.81. The minimum atomic E-state index is -0.319. The van der Waals surface area contributed by atoms with Crippen LogP contribution in [-0.2, 0) is 15.0 Å². The molecule has 114 valence electrons. The molecule has 1 atom stereocenters. The Hall–Kier alpha value is -2.04. The summed E-state index contributed by atoms with van der Waals surface area (Å²) in [5, 5.41) is 5.55. The predicted molar refractivity (Wildman–Crippen MR) is 81.4 cm³/mol. The molecule has 1 unspecified atom stereocenters. The molecule has 2 rings (SSSR count). The Bertz CT molecular complexity index is 561. The first-order valence-electron chi connectivity index (χ1n) is 7.07. The van der Waals surface area contributed by atoms with E-state index in [-0.39, 0.29) is 29.6 Å². The summed E-state index contributed by atoms with van der Waals surface area (Å²) in [6.45, 7) is 6.73. The fourth-order valence-corrected chi connectivity index (χ4v) is 2.30. The quantitative estimate of drug-likeness (QED) is 0.895. The number of carbonyl (C=O) groups is 2. The maximum absolute atomic E-state index is 12.2. The molecule has 0 saturated carbocycles. The van der Waals surface area contributed by atoms with E-state index in [1.807, 2.05) is 18.2 Å². The van der Waals surface area contributed by atoms with Crippen LogP contribution in [0.1, 0.15) is 32.8 Å². The highest BCUT2D eigenvalue weighted by molar-refractivity contribution is 5.98. The van der Waals surface area contributed by atoms with Gasteiger partial charge in [-0.2, -0.15) is 0 Å². The SMILES string of the molecule is COc1ccc(C(C)(C)C)cc1NC(=O)C1CNC(=O)C1. The van der Waals surface area contributed by atoms with Crippen molar-refractivity contribution in [1.82, 2.24) is 5.32 Å². The van der Waals surface area contributed by atoms with Crippen molar-refractivity contribution >= 4 is 17.5 Å².